The highest BCUT2D eigenvalue weighted by Gasteiger charge is 2.11. The Bertz CT molecular complexity index is 451. The summed E-state index contributed by atoms with van der Waals surface area (Å²) >= 11 is 0. The van der Waals surface area contributed by atoms with E-state index >= 15 is 0 Å². The summed E-state index contributed by atoms with van der Waals surface area (Å²) in [5, 5.41) is 2.67. The van der Waals surface area contributed by atoms with Crippen LogP contribution in [0.2, 0.25) is 0 Å². The lowest BCUT2D eigenvalue weighted by molar-refractivity contribution is 0.818. The van der Waals surface area contributed by atoms with Gasteiger partial charge in [0.2, 0.25) is 0 Å². The highest BCUT2D eigenvalue weighted by atomic mass is 14.7. The van der Waals surface area contributed by atoms with Crippen LogP contribution in [0.5, 0.6) is 0 Å². The lowest BCUT2D eigenvalue weighted by Crippen LogP contribution is -1.98. The van der Waals surface area contributed by atoms with Gasteiger partial charge in [-0.2, -0.15) is 0 Å². The Morgan fingerprint density at radius 2 is 1.50 bits per heavy atom. The molecule has 0 aliphatic rings. The molecular formula is C15H19N. The molecule has 0 amide bonds. The van der Waals surface area contributed by atoms with Crippen molar-refractivity contribution in [1.82, 2.24) is 4.98 Å². The predicted octanol–water partition coefficient (Wildman–Crippen LogP) is 4.48. The van der Waals surface area contributed by atoms with Crippen molar-refractivity contribution < 1.29 is 0 Å². The molecule has 0 saturated carbocycles. The Balaban J connectivity index is 2.77. The molecular weight excluding hydrogens is 194 g/mol. The Morgan fingerprint density at radius 1 is 0.875 bits per heavy atom. The molecule has 2 aromatic rings. The number of hydrogen-bond donors (Lipinski definition) is 0. The summed E-state index contributed by atoms with van der Waals surface area (Å²) in [5.74, 6) is 1.00. The van der Waals surface area contributed by atoms with Crippen molar-refractivity contribution in [3.05, 3.63) is 41.7 Å². The van der Waals surface area contributed by atoms with Gasteiger partial charge < -0.3 is 0 Å². The Morgan fingerprint density at radius 3 is 2.06 bits per heavy atom. The van der Waals surface area contributed by atoms with Gasteiger partial charge >= 0.3 is 0 Å². The van der Waals surface area contributed by atoms with Crippen LogP contribution >= 0.6 is 0 Å². The van der Waals surface area contributed by atoms with Crippen molar-refractivity contribution in [2.24, 2.45) is 0 Å². The molecule has 1 aromatic heterocycles. The zero-order valence-corrected chi connectivity index (χ0v) is 10.5. The molecule has 1 nitrogen and oxygen atoms in total. The van der Waals surface area contributed by atoms with E-state index in [2.05, 4.69) is 56.9 Å². The molecule has 0 radical (unpaired) electrons. The van der Waals surface area contributed by atoms with Gasteiger partial charge in [0.1, 0.15) is 0 Å². The van der Waals surface area contributed by atoms with Crippen LogP contribution in [0.25, 0.3) is 10.8 Å². The first kappa shape index (κ1) is 11.1. The summed E-state index contributed by atoms with van der Waals surface area (Å²) in [7, 11) is 0. The highest BCUT2D eigenvalue weighted by molar-refractivity contribution is 5.88. The lowest BCUT2D eigenvalue weighted by atomic mass is 9.94. The standard InChI is InChI=1S/C15H19N/c1-10(2)14-9-16-15(11(3)4)13-8-6-5-7-12(13)14/h5-11H,1-4H3. The second-order valence-electron chi connectivity index (χ2n) is 4.95. The van der Waals surface area contributed by atoms with Crippen molar-refractivity contribution in [1.29, 1.82) is 0 Å². The van der Waals surface area contributed by atoms with E-state index in [4.69, 9.17) is 0 Å². The zero-order valence-electron chi connectivity index (χ0n) is 10.5. The number of hydrogen-bond acceptors (Lipinski definition) is 1. The van der Waals surface area contributed by atoms with Crippen LogP contribution in [-0.2, 0) is 0 Å². The molecule has 0 aliphatic carbocycles. The number of rotatable bonds is 2. The van der Waals surface area contributed by atoms with Crippen LogP contribution in [0.4, 0.5) is 0 Å². The van der Waals surface area contributed by atoms with Crippen molar-refractivity contribution in [2.75, 3.05) is 0 Å². The first-order valence-electron chi connectivity index (χ1n) is 5.98. The summed E-state index contributed by atoms with van der Waals surface area (Å²) in [6.07, 6.45) is 2.04. The Kier molecular flexibility index (Phi) is 2.95. The number of fused-ring (bicyclic) bond motifs is 1. The van der Waals surface area contributed by atoms with Gasteiger partial charge in [0, 0.05) is 11.6 Å². The quantitative estimate of drug-likeness (QED) is 0.716. The SMILES string of the molecule is CC(C)c1cnc(C(C)C)c2ccccc12. The molecule has 16 heavy (non-hydrogen) atoms. The Hall–Kier alpha value is -1.37. The van der Waals surface area contributed by atoms with Gasteiger partial charge in [0.05, 0.1) is 5.69 Å². The fourth-order valence-electron chi connectivity index (χ4n) is 2.16. The highest BCUT2D eigenvalue weighted by Crippen LogP contribution is 2.29. The Labute approximate surface area is 97.5 Å². The molecule has 2 rings (SSSR count). The van der Waals surface area contributed by atoms with Crippen LogP contribution in [0.3, 0.4) is 0 Å². The number of nitrogens with zero attached hydrogens (tertiary/aromatic N) is 1. The summed E-state index contributed by atoms with van der Waals surface area (Å²) in [5.41, 5.74) is 2.56. The summed E-state index contributed by atoms with van der Waals surface area (Å²) in [6.45, 7) is 8.84. The first-order valence-corrected chi connectivity index (χ1v) is 5.98. The molecule has 0 aliphatic heterocycles. The van der Waals surface area contributed by atoms with Crippen LogP contribution < -0.4 is 0 Å². The average molecular weight is 213 g/mol. The molecule has 0 saturated heterocycles. The van der Waals surface area contributed by atoms with Gasteiger partial charge in [-0.15, -0.1) is 0 Å². The third-order valence-electron chi connectivity index (χ3n) is 3.03. The average Bonchev–Trinajstić information content (AvgIpc) is 2.27. The van der Waals surface area contributed by atoms with Gasteiger partial charge in [-0.25, -0.2) is 0 Å². The lowest BCUT2D eigenvalue weighted by Gasteiger charge is -2.14. The van der Waals surface area contributed by atoms with Crippen LogP contribution in [0.1, 0.15) is 50.8 Å². The summed E-state index contributed by atoms with van der Waals surface area (Å²) in [6, 6.07) is 8.60. The number of pyridine rings is 1. The molecule has 1 heterocycles. The van der Waals surface area contributed by atoms with Gasteiger partial charge in [-0.05, 0) is 22.8 Å². The second kappa shape index (κ2) is 4.25. The van der Waals surface area contributed by atoms with Gasteiger partial charge in [-0.1, -0.05) is 52.0 Å². The van der Waals surface area contributed by atoms with Gasteiger partial charge in [-0.3, -0.25) is 4.98 Å². The van der Waals surface area contributed by atoms with Gasteiger partial charge in [0.15, 0.2) is 0 Å². The monoisotopic (exact) mass is 213 g/mol. The van der Waals surface area contributed by atoms with Crippen molar-refractivity contribution in [2.45, 2.75) is 39.5 Å². The molecule has 0 fully saturated rings. The van der Waals surface area contributed by atoms with E-state index in [0.29, 0.717) is 11.8 Å². The van der Waals surface area contributed by atoms with Crippen LogP contribution in [0.15, 0.2) is 30.5 Å². The van der Waals surface area contributed by atoms with E-state index in [9.17, 15) is 0 Å². The zero-order chi connectivity index (χ0) is 11.7. The molecule has 0 bridgehead atoms. The van der Waals surface area contributed by atoms with Crippen molar-refractivity contribution in [3.8, 4) is 0 Å². The molecule has 0 atom stereocenters. The smallest absolute Gasteiger partial charge is 0.0507 e. The fourth-order valence-corrected chi connectivity index (χ4v) is 2.16. The van der Waals surface area contributed by atoms with Crippen LogP contribution in [0, 0.1) is 0 Å². The maximum Gasteiger partial charge on any atom is 0.0507 e. The predicted molar refractivity (Wildman–Crippen MR) is 69.9 cm³/mol. The molecule has 1 aromatic carbocycles. The largest absolute Gasteiger partial charge is 0.260 e. The van der Waals surface area contributed by atoms with Crippen LogP contribution in [-0.4, -0.2) is 4.98 Å². The van der Waals surface area contributed by atoms with E-state index in [1.165, 1.54) is 22.0 Å². The second-order valence-corrected chi connectivity index (χ2v) is 4.95. The normalized spacial score (nSPS) is 11.6. The molecule has 0 N–H and O–H groups in total. The molecule has 0 unspecified atom stereocenters. The number of benzene rings is 1. The summed E-state index contributed by atoms with van der Waals surface area (Å²) in [4.78, 5) is 4.63. The minimum Gasteiger partial charge on any atom is -0.260 e. The molecule has 0 spiro atoms. The van der Waals surface area contributed by atoms with E-state index in [1.807, 2.05) is 6.20 Å². The minimum atomic E-state index is 0.478. The van der Waals surface area contributed by atoms with E-state index < -0.39 is 0 Å². The molecule has 84 valence electrons. The maximum absolute atomic E-state index is 4.63. The van der Waals surface area contributed by atoms with E-state index in [1.54, 1.807) is 0 Å². The fraction of sp³-hybridized carbons (Fsp3) is 0.400. The maximum atomic E-state index is 4.63. The van der Waals surface area contributed by atoms with E-state index in [0.717, 1.165) is 0 Å². The van der Waals surface area contributed by atoms with Crippen molar-refractivity contribution in [3.63, 3.8) is 0 Å². The van der Waals surface area contributed by atoms with Gasteiger partial charge in [0.25, 0.3) is 0 Å². The third kappa shape index (κ3) is 1.82. The summed E-state index contributed by atoms with van der Waals surface area (Å²) < 4.78 is 0. The molecule has 1 heteroatoms. The third-order valence-corrected chi connectivity index (χ3v) is 3.03. The van der Waals surface area contributed by atoms with Crippen molar-refractivity contribution >= 4 is 10.8 Å². The minimum absolute atomic E-state index is 0.478. The van der Waals surface area contributed by atoms with E-state index in [-0.39, 0.29) is 0 Å². The first-order chi connectivity index (χ1) is 7.61. The number of aromatic nitrogens is 1. The topological polar surface area (TPSA) is 12.9 Å².